The number of benzene rings is 14. The van der Waals surface area contributed by atoms with Gasteiger partial charge in [-0.1, -0.05) is 278 Å². The molecule has 0 unspecified atom stereocenters. The van der Waals surface area contributed by atoms with Crippen molar-refractivity contribution in [2.75, 3.05) is 0 Å². The molecule has 0 saturated heterocycles. The van der Waals surface area contributed by atoms with Gasteiger partial charge >= 0.3 is 0 Å². The molecule has 14 aromatic carbocycles. The first-order chi connectivity index (χ1) is 51.3. The van der Waals surface area contributed by atoms with E-state index in [1.54, 1.807) is 0 Å². The zero-order valence-electron chi connectivity index (χ0n) is 56.3. The number of hydrogen-bond acceptors (Lipinski definition) is 12. The molecule has 0 radical (unpaired) electrons. The summed E-state index contributed by atoms with van der Waals surface area (Å²) in [4.78, 5) is 30.8. The van der Waals surface area contributed by atoms with Gasteiger partial charge in [0.1, 0.15) is 22.1 Å². The number of fused-ring (bicyclic) bond motifs is 12. The summed E-state index contributed by atoms with van der Waals surface area (Å²) >= 11 is 2.50. The Labute approximate surface area is 606 Å². The lowest BCUT2D eigenvalue weighted by atomic mass is 9.93. The Morgan fingerprint density at radius 3 is 1.02 bits per heavy atom. The molecule has 10 nitrogen and oxygen atoms in total. The number of aryl methyl sites for hydroxylation is 2. The van der Waals surface area contributed by atoms with Crippen LogP contribution in [0.5, 0.6) is 0 Å². The van der Waals surface area contributed by atoms with E-state index in [0.717, 1.165) is 172 Å². The molecular formula is C92H58N10S2. The van der Waals surface area contributed by atoms with Gasteiger partial charge in [0.25, 0.3) is 0 Å². The highest BCUT2D eigenvalue weighted by molar-refractivity contribution is 7.00. The van der Waals surface area contributed by atoms with Crippen molar-refractivity contribution in [3.05, 3.63) is 327 Å². The fourth-order valence-electron chi connectivity index (χ4n) is 14.3. The Balaban J connectivity index is 0.000000144. The van der Waals surface area contributed by atoms with Gasteiger partial charge in [-0.3, -0.25) is 0 Å². The molecular weight excluding hydrogens is 1310 g/mol. The molecule has 0 N–H and O–H groups in total. The lowest BCUT2D eigenvalue weighted by Gasteiger charge is -2.13. The van der Waals surface area contributed by atoms with Crippen molar-refractivity contribution in [3.8, 4) is 113 Å². The molecule has 104 heavy (non-hydrogen) atoms. The molecule has 488 valence electrons. The molecule has 12 heteroatoms. The third-order valence-corrected chi connectivity index (χ3v) is 20.7. The fourth-order valence-corrected chi connectivity index (χ4v) is 15.4. The highest BCUT2D eigenvalue weighted by atomic mass is 32.1. The summed E-state index contributed by atoms with van der Waals surface area (Å²) in [6.45, 7) is 4.19. The van der Waals surface area contributed by atoms with Crippen LogP contribution < -0.4 is 0 Å². The highest BCUT2D eigenvalue weighted by Crippen LogP contribution is 2.44. The molecule has 0 bridgehead atoms. The first-order valence-corrected chi connectivity index (χ1v) is 36.0. The highest BCUT2D eigenvalue weighted by Gasteiger charge is 2.23. The van der Waals surface area contributed by atoms with E-state index in [9.17, 15) is 0 Å². The van der Waals surface area contributed by atoms with Crippen LogP contribution in [-0.4, -0.2) is 47.4 Å². The topological polar surface area (TPSA) is 129 Å². The van der Waals surface area contributed by atoms with Crippen molar-refractivity contribution in [2.24, 2.45) is 0 Å². The second kappa shape index (κ2) is 26.0. The summed E-state index contributed by atoms with van der Waals surface area (Å²) in [6.07, 6.45) is 0. The van der Waals surface area contributed by atoms with Crippen LogP contribution in [0, 0.1) is 13.8 Å². The van der Waals surface area contributed by atoms with Crippen LogP contribution >= 0.6 is 23.5 Å². The van der Waals surface area contributed by atoms with Gasteiger partial charge in [0.2, 0.25) is 0 Å². The predicted octanol–water partition coefficient (Wildman–Crippen LogP) is 24.0. The molecule has 0 amide bonds. The average molecular weight is 1370 g/mol. The maximum Gasteiger partial charge on any atom is 0.160 e. The summed E-state index contributed by atoms with van der Waals surface area (Å²) in [5.74, 6) is 1.39. The Kier molecular flexibility index (Phi) is 15.5. The van der Waals surface area contributed by atoms with Crippen molar-refractivity contribution in [1.82, 2.24) is 47.4 Å². The second-order valence-electron chi connectivity index (χ2n) is 26.2. The van der Waals surface area contributed by atoms with Crippen LogP contribution in [-0.2, 0) is 0 Å². The molecule has 0 aliphatic heterocycles. The molecule has 0 atom stereocenters. The summed E-state index contributed by atoms with van der Waals surface area (Å²) in [7, 11) is 0. The van der Waals surface area contributed by atoms with Gasteiger partial charge in [-0.2, -0.15) is 17.5 Å². The molecule has 0 spiro atoms. The third-order valence-electron chi connectivity index (χ3n) is 19.6. The molecule has 0 aliphatic rings. The summed E-state index contributed by atoms with van der Waals surface area (Å²) < 4.78 is 19.4. The third kappa shape index (κ3) is 11.4. The quantitative estimate of drug-likeness (QED) is 0.122. The molecule has 20 rings (SSSR count). The van der Waals surface area contributed by atoms with Crippen molar-refractivity contribution in [3.63, 3.8) is 0 Å². The summed E-state index contributed by atoms with van der Waals surface area (Å²) in [5.41, 5.74) is 25.6. The Morgan fingerprint density at radius 1 is 0.221 bits per heavy atom. The zero-order chi connectivity index (χ0) is 69.2. The minimum absolute atomic E-state index is 0.688. The van der Waals surface area contributed by atoms with Gasteiger partial charge in [0.05, 0.1) is 68.7 Å². The predicted molar refractivity (Wildman–Crippen MR) is 430 cm³/mol. The van der Waals surface area contributed by atoms with Gasteiger partial charge < -0.3 is 0 Å². The minimum atomic E-state index is 0.688. The summed E-state index contributed by atoms with van der Waals surface area (Å²) in [6, 6.07) is 110. The normalized spacial score (nSPS) is 11.6. The first kappa shape index (κ1) is 61.8. The monoisotopic (exact) mass is 1370 g/mol. The van der Waals surface area contributed by atoms with Crippen molar-refractivity contribution >= 4 is 110 Å². The standard InChI is InChI=1S/C49H29N5S.C43H29N5S/c1-2-12-34(13-3-1)46-41-28-40(47-48(54-55-53-47)45(41)39-16-8-9-17-42(39)50-46)32-20-22-33(23-21-32)43-29-44(37-24-18-30-10-4-6-14-35(30)26-37)52-49(51-43)38-25-19-31-11-5-7-15-36(31)27-38;1-26-12-16-29(17-13-26)37-25-38(46-43(45-37)32-18-14-27(2)15-19-32)30-22-20-28(21-23-30)34-24-35-39(42-41(34)47-49-48-42)33-10-6-7-11-36(33)44-40(35)31-8-4-3-5-9-31/h1-29H;3-25H,1-2H3. The molecule has 6 aromatic heterocycles. The second-order valence-corrected chi connectivity index (χ2v) is 27.3. The maximum atomic E-state index is 5.19. The van der Waals surface area contributed by atoms with Crippen molar-refractivity contribution in [1.29, 1.82) is 0 Å². The molecule has 6 heterocycles. The van der Waals surface area contributed by atoms with E-state index < -0.39 is 0 Å². The van der Waals surface area contributed by atoms with E-state index in [1.807, 2.05) is 24.3 Å². The van der Waals surface area contributed by atoms with Crippen LogP contribution in [0.3, 0.4) is 0 Å². The number of nitrogens with zero attached hydrogens (tertiary/aromatic N) is 10. The number of pyridine rings is 2. The van der Waals surface area contributed by atoms with E-state index in [1.165, 1.54) is 50.7 Å². The lowest BCUT2D eigenvalue weighted by molar-refractivity contribution is 1.18. The smallest absolute Gasteiger partial charge is 0.160 e. The SMILES string of the molecule is Cc1ccc(-c2cc(-c3ccc(-c4cc5c(-c6ccccc6)nc6ccccc6c5c5nsnc45)cc3)nc(-c3ccc(C)cc3)n2)cc1.c1ccc(-c2nc3ccccc3c3c2cc(-c2ccc(-c4cc(-c5ccc6ccccc6c5)nc(-c5ccc6ccccc6c5)n4)cc2)c2nsnc23)cc1. The van der Waals surface area contributed by atoms with Gasteiger partial charge in [-0.15, -0.1) is 0 Å². The Hall–Kier alpha value is -13.3. The van der Waals surface area contributed by atoms with Crippen LogP contribution in [0.25, 0.3) is 200 Å². The zero-order valence-corrected chi connectivity index (χ0v) is 57.9. The van der Waals surface area contributed by atoms with E-state index in [0.29, 0.717) is 11.6 Å². The van der Waals surface area contributed by atoms with E-state index >= 15 is 0 Å². The van der Waals surface area contributed by atoms with E-state index in [4.69, 9.17) is 47.4 Å². The van der Waals surface area contributed by atoms with Crippen LogP contribution in [0.15, 0.2) is 315 Å². The maximum absolute atomic E-state index is 5.19. The van der Waals surface area contributed by atoms with Gasteiger partial charge in [-0.25, -0.2) is 29.9 Å². The number of aromatic nitrogens is 10. The first-order valence-electron chi connectivity index (χ1n) is 34.5. The van der Waals surface area contributed by atoms with Crippen LogP contribution in [0.2, 0.25) is 0 Å². The molecule has 20 aromatic rings. The van der Waals surface area contributed by atoms with Gasteiger partial charge in [0.15, 0.2) is 11.6 Å². The molecule has 0 fully saturated rings. The van der Waals surface area contributed by atoms with Gasteiger partial charge in [0, 0.05) is 88.0 Å². The van der Waals surface area contributed by atoms with Crippen molar-refractivity contribution in [2.45, 2.75) is 13.8 Å². The number of rotatable bonds is 10. The van der Waals surface area contributed by atoms with Crippen molar-refractivity contribution < 1.29 is 0 Å². The number of para-hydroxylation sites is 2. The minimum Gasteiger partial charge on any atom is -0.247 e. The van der Waals surface area contributed by atoms with Crippen LogP contribution in [0.4, 0.5) is 0 Å². The fraction of sp³-hybridized carbons (Fsp3) is 0.0217. The van der Waals surface area contributed by atoms with E-state index in [-0.39, 0.29) is 0 Å². The average Bonchev–Trinajstić information content (AvgIpc) is 1.78. The number of hydrogen-bond donors (Lipinski definition) is 0. The van der Waals surface area contributed by atoms with E-state index in [2.05, 4.69) is 305 Å². The Bertz CT molecular complexity index is 6560. The molecule has 0 aliphatic carbocycles. The van der Waals surface area contributed by atoms with Crippen LogP contribution in [0.1, 0.15) is 11.1 Å². The largest absolute Gasteiger partial charge is 0.247 e. The lowest BCUT2D eigenvalue weighted by Crippen LogP contribution is -1.96. The summed E-state index contributed by atoms with van der Waals surface area (Å²) in [5, 5.41) is 11.1. The molecule has 0 saturated carbocycles. The Morgan fingerprint density at radius 2 is 0.558 bits per heavy atom. The van der Waals surface area contributed by atoms with Gasteiger partial charge in [-0.05, 0) is 95.1 Å².